The molecule has 0 aromatic carbocycles. The number of esters is 3. The Morgan fingerprint density at radius 3 is 0.952 bits per heavy atom. The second-order valence-corrected chi connectivity index (χ2v) is 18.5. The summed E-state index contributed by atoms with van der Waals surface area (Å²) in [5, 5.41) is 0. The maximum atomic E-state index is 12.8. The zero-order valence-electron chi connectivity index (χ0n) is 42.1. The van der Waals surface area contributed by atoms with Crippen LogP contribution in [0.3, 0.4) is 0 Å². The lowest BCUT2D eigenvalue weighted by molar-refractivity contribution is -0.167. The summed E-state index contributed by atoms with van der Waals surface area (Å²) in [6.45, 7) is 6.53. The van der Waals surface area contributed by atoms with Crippen molar-refractivity contribution in [2.75, 3.05) is 13.2 Å². The van der Waals surface area contributed by atoms with Crippen LogP contribution in [0.15, 0.2) is 36.5 Å². The molecule has 0 saturated heterocycles. The molecule has 368 valence electrons. The van der Waals surface area contributed by atoms with E-state index in [1.54, 1.807) is 0 Å². The van der Waals surface area contributed by atoms with Crippen LogP contribution in [-0.2, 0) is 28.6 Å². The molecule has 63 heavy (non-hydrogen) atoms. The predicted octanol–water partition coefficient (Wildman–Crippen LogP) is 18.1. The van der Waals surface area contributed by atoms with E-state index < -0.39 is 6.10 Å². The summed E-state index contributed by atoms with van der Waals surface area (Å²) < 4.78 is 16.8. The van der Waals surface area contributed by atoms with Crippen LogP contribution in [0.4, 0.5) is 0 Å². The van der Waals surface area contributed by atoms with Gasteiger partial charge in [-0.3, -0.25) is 14.4 Å². The van der Waals surface area contributed by atoms with Gasteiger partial charge in [0, 0.05) is 19.3 Å². The summed E-state index contributed by atoms with van der Waals surface area (Å²) in [5.74, 6) is -0.881. The Morgan fingerprint density at radius 1 is 0.333 bits per heavy atom. The Bertz CT molecular complexity index is 1060. The average Bonchev–Trinajstić information content (AvgIpc) is 3.28. The highest BCUT2D eigenvalue weighted by Crippen LogP contribution is 2.17. The van der Waals surface area contributed by atoms with Crippen molar-refractivity contribution in [3.63, 3.8) is 0 Å². The lowest BCUT2D eigenvalue weighted by Gasteiger charge is -2.18. The Kier molecular flexibility index (Phi) is 50.3. The quantitative estimate of drug-likeness (QED) is 0.0262. The van der Waals surface area contributed by atoms with Gasteiger partial charge >= 0.3 is 17.9 Å². The lowest BCUT2D eigenvalue weighted by atomic mass is 10.0. The molecule has 1 atom stereocenters. The first-order valence-electron chi connectivity index (χ1n) is 27.5. The zero-order valence-corrected chi connectivity index (χ0v) is 42.1. The molecule has 0 amide bonds. The van der Waals surface area contributed by atoms with E-state index in [0.717, 1.165) is 83.5 Å². The fourth-order valence-electron chi connectivity index (χ4n) is 8.09. The van der Waals surface area contributed by atoms with E-state index in [9.17, 15) is 14.4 Å². The largest absolute Gasteiger partial charge is 0.462 e. The summed E-state index contributed by atoms with van der Waals surface area (Å²) in [6.07, 6.45) is 61.3. The van der Waals surface area contributed by atoms with E-state index in [1.807, 2.05) is 0 Å². The van der Waals surface area contributed by atoms with Crippen molar-refractivity contribution < 1.29 is 28.6 Å². The van der Waals surface area contributed by atoms with Crippen molar-refractivity contribution in [1.82, 2.24) is 0 Å². The first kappa shape index (κ1) is 60.6. The predicted molar refractivity (Wildman–Crippen MR) is 270 cm³/mol. The second kappa shape index (κ2) is 52.3. The smallest absolute Gasteiger partial charge is 0.306 e. The van der Waals surface area contributed by atoms with Gasteiger partial charge in [0.2, 0.25) is 0 Å². The standard InChI is InChI=1S/C57H104O6/c1-4-7-10-13-16-19-22-25-26-27-28-29-30-33-35-38-41-44-47-50-56(59)62-53-54(63-57(60)51-48-45-42-39-36-32-24-21-18-15-12-9-6-3)52-61-55(58)49-46-43-40-37-34-31-23-20-17-14-11-8-5-2/h9,12,15,18,21,24,54H,4-8,10-11,13-14,16-17,19-20,22-23,25-53H2,1-3H3/b12-9+,18-15+,24-21+. The van der Waals surface area contributed by atoms with Gasteiger partial charge in [-0.05, 0) is 38.5 Å². The van der Waals surface area contributed by atoms with Crippen LogP contribution in [0.1, 0.15) is 290 Å². The summed E-state index contributed by atoms with van der Waals surface area (Å²) in [5.41, 5.74) is 0. The highest BCUT2D eigenvalue weighted by molar-refractivity contribution is 5.71. The van der Waals surface area contributed by atoms with Gasteiger partial charge in [-0.1, -0.05) is 269 Å². The summed E-state index contributed by atoms with van der Waals surface area (Å²) >= 11 is 0. The van der Waals surface area contributed by atoms with E-state index in [4.69, 9.17) is 14.2 Å². The molecule has 1 unspecified atom stereocenters. The monoisotopic (exact) mass is 885 g/mol. The Morgan fingerprint density at radius 2 is 0.619 bits per heavy atom. The third-order valence-corrected chi connectivity index (χ3v) is 12.2. The first-order chi connectivity index (χ1) is 31.0. The normalized spacial score (nSPS) is 12.2. The Balaban J connectivity index is 4.30. The molecular weight excluding hydrogens is 781 g/mol. The number of carbonyl (C=O) groups excluding carboxylic acids is 3. The number of allylic oxidation sites excluding steroid dienone is 6. The van der Waals surface area contributed by atoms with Crippen LogP contribution in [0, 0.1) is 0 Å². The molecule has 0 heterocycles. The first-order valence-corrected chi connectivity index (χ1v) is 27.5. The molecule has 0 spiro atoms. The maximum absolute atomic E-state index is 12.8. The molecule has 0 saturated carbocycles. The van der Waals surface area contributed by atoms with E-state index in [0.29, 0.717) is 19.3 Å². The molecule has 0 N–H and O–H groups in total. The van der Waals surface area contributed by atoms with Crippen molar-refractivity contribution in [2.45, 2.75) is 297 Å². The van der Waals surface area contributed by atoms with Gasteiger partial charge in [-0.2, -0.15) is 0 Å². The van der Waals surface area contributed by atoms with E-state index in [-0.39, 0.29) is 31.1 Å². The van der Waals surface area contributed by atoms with E-state index in [1.165, 1.54) is 167 Å². The molecule has 6 heteroatoms. The van der Waals surface area contributed by atoms with E-state index >= 15 is 0 Å². The van der Waals surface area contributed by atoms with Gasteiger partial charge in [-0.15, -0.1) is 0 Å². The molecule has 0 fully saturated rings. The van der Waals surface area contributed by atoms with E-state index in [2.05, 4.69) is 57.2 Å². The molecule has 0 aliphatic rings. The molecule has 0 rings (SSSR count). The van der Waals surface area contributed by atoms with Crippen LogP contribution in [0.5, 0.6) is 0 Å². The number of ether oxygens (including phenoxy) is 3. The van der Waals surface area contributed by atoms with Crippen LogP contribution in [0.25, 0.3) is 0 Å². The molecule has 0 bridgehead atoms. The lowest BCUT2D eigenvalue weighted by Crippen LogP contribution is -2.30. The minimum absolute atomic E-state index is 0.0761. The Labute approximate surface area is 391 Å². The van der Waals surface area contributed by atoms with Gasteiger partial charge in [0.15, 0.2) is 6.10 Å². The van der Waals surface area contributed by atoms with Gasteiger partial charge < -0.3 is 14.2 Å². The van der Waals surface area contributed by atoms with Crippen molar-refractivity contribution in [3.05, 3.63) is 36.5 Å². The number of rotatable bonds is 50. The molecule has 0 aliphatic carbocycles. The maximum Gasteiger partial charge on any atom is 0.306 e. The van der Waals surface area contributed by atoms with Gasteiger partial charge in [0.1, 0.15) is 13.2 Å². The molecule has 6 nitrogen and oxygen atoms in total. The fourth-order valence-corrected chi connectivity index (χ4v) is 8.09. The zero-order chi connectivity index (χ0) is 45.8. The van der Waals surface area contributed by atoms with Crippen LogP contribution in [-0.4, -0.2) is 37.2 Å². The molecule has 0 aromatic heterocycles. The molecule has 0 aliphatic heterocycles. The number of unbranched alkanes of at least 4 members (excludes halogenated alkanes) is 35. The van der Waals surface area contributed by atoms with Crippen molar-refractivity contribution >= 4 is 17.9 Å². The van der Waals surface area contributed by atoms with Gasteiger partial charge in [-0.25, -0.2) is 0 Å². The Hall–Kier alpha value is -2.37. The fraction of sp³-hybridized carbons (Fsp3) is 0.842. The number of carbonyl (C=O) groups is 3. The number of hydrogen-bond donors (Lipinski definition) is 0. The van der Waals surface area contributed by atoms with Crippen molar-refractivity contribution in [1.29, 1.82) is 0 Å². The molecule has 0 aromatic rings. The topological polar surface area (TPSA) is 78.9 Å². The highest BCUT2D eigenvalue weighted by Gasteiger charge is 2.19. The summed E-state index contributed by atoms with van der Waals surface area (Å²) in [6, 6.07) is 0. The minimum atomic E-state index is -0.777. The van der Waals surface area contributed by atoms with Crippen molar-refractivity contribution in [3.8, 4) is 0 Å². The van der Waals surface area contributed by atoms with Gasteiger partial charge in [0.05, 0.1) is 0 Å². The van der Waals surface area contributed by atoms with Crippen molar-refractivity contribution in [2.24, 2.45) is 0 Å². The SMILES string of the molecule is CC/C=C/C=C/C=C/CCCCCCCC(=O)OC(COC(=O)CCCCCCCCCCCCCCC)COC(=O)CCCCCCCCCCCCCCCCCCCCC. The average molecular weight is 885 g/mol. The van der Waals surface area contributed by atoms with Gasteiger partial charge in [0.25, 0.3) is 0 Å². The molecular formula is C57H104O6. The highest BCUT2D eigenvalue weighted by atomic mass is 16.6. The third-order valence-electron chi connectivity index (χ3n) is 12.2. The summed E-state index contributed by atoms with van der Waals surface area (Å²) in [7, 11) is 0. The van der Waals surface area contributed by atoms with Crippen LogP contribution in [0.2, 0.25) is 0 Å². The van der Waals surface area contributed by atoms with Crippen LogP contribution < -0.4 is 0 Å². The molecule has 0 radical (unpaired) electrons. The van der Waals surface area contributed by atoms with Crippen LogP contribution >= 0.6 is 0 Å². The second-order valence-electron chi connectivity index (χ2n) is 18.5. The minimum Gasteiger partial charge on any atom is -0.462 e. The summed E-state index contributed by atoms with van der Waals surface area (Å²) in [4.78, 5) is 38.0. The third kappa shape index (κ3) is 50.5. The number of hydrogen-bond acceptors (Lipinski definition) is 6.